The van der Waals surface area contributed by atoms with Crippen molar-refractivity contribution in [2.45, 2.75) is 53.8 Å². The minimum atomic E-state index is -1.35. The molecule has 8 heteroatoms. The summed E-state index contributed by atoms with van der Waals surface area (Å²) in [5.74, 6) is 1.48. The quantitative estimate of drug-likeness (QED) is 0.128. The molecule has 8 aromatic rings. The fourth-order valence-corrected chi connectivity index (χ4v) is 8.16. The van der Waals surface area contributed by atoms with Gasteiger partial charge in [-0.15, -0.1) is 53.6 Å². The van der Waals surface area contributed by atoms with Gasteiger partial charge in [-0.2, -0.15) is 0 Å². The zero-order valence-electron chi connectivity index (χ0n) is 29.8. The van der Waals surface area contributed by atoms with Crippen LogP contribution in [0.15, 0.2) is 89.6 Å². The summed E-state index contributed by atoms with van der Waals surface area (Å²) >= 11 is 0. The van der Waals surface area contributed by atoms with Gasteiger partial charge in [0.05, 0.1) is 36.0 Å². The molecule has 0 unspecified atom stereocenters. The fraction of sp³-hybridized carbons (Fsp3) is 0.238. The molecule has 0 saturated heterocycles. The average Bonchev–Trinajstić information content (AvgIpc) is 3.62. The van der Waals surface area contributed by atoms with Crippen molar-refractivity contribution in [3.8, 4) is 22.6 Å². The number of fused-ring (bicyclic) bond motifs is 6. The van der Waals surface area contributed by atoms with Crippen LogP contribution in [-0.2, 0) is 33.6 Å². The van der Waals surface area contributed by atoms with Crippen molar-refractivity contribution in [1.29, 1.82) is 0 Å². The Hall–Kier alpha value is -4.49. The summed E-state index contributed by atoms with van der Waals surface area (Å²) in [6.45, 7) is 15.8. The number of hydrogen-bond acceptors (Lipinski definition) is 5. The molecule has 0 spiro atoms. The minimum Gasteiger partial charge on any atom is -0.486 e. The van der Waals surface area contributed by atoms with E-state index in [-0.39, 0.29) is 20.1 Å². The van der Waals surface area contributed by atoms with E-state index < -0.39 is 8.07 Å². The molecule has 0 aliphatic heterocycles. The van der Waals surface area contributed by atoms with Crippen LogP contribution in [0.3, 0.4) is 0 Å². The molecule has 0 saturated carbocycles. The van der Waals surface area contributed by atoms with Gasteiger partial charge in [0, 0.05) is 56.0 Å². The molecule has 6 nitrogen and oxygen atoms in total. The van der Waals surface area contributed by atoms with Gasteiger partial charge in [-0.05, 0) is 66.5 Å². The average molecular weight is 852 g/mol. The van der Waals surface area contributed by atoms with Crippen molar-refractivity contribution in [1.82, 2.24) is 24.5 Å². The number of aryl methyl sites for hydroxylation is 3. The van der Waals surface area contributed by atoms with Gasteiger partial charge < -0.3 is 14.0 Å². The molecule has 0 amide bonds. The second-order valence-corrected chi connectivity index (χ2v) is 19.4. The van der Waals surface area contributed by atoms with Crippen molar-refractivity contribution in [2.75, 3.05) is 0 Å². The number of rotatable bonds is 5. The van der Waals surface area contributed by atoms with Gasteiger partial charge in [-0.25, -0.2) is 4.98 Å². The monoisotopic (exact) mass is 852 g/mol. The largest absolute Gasteiger partial charge is 0.486 e. The van der Waals surface area contributed by atoms with Crippen molar-refractivity contribution < 1.29 is 24.5 Å². The molecule has 5 heterocycles. The van der Waals surface area contributed by atoms with Crippen LogP contribution in [0.4, 0.5) is 0 Å². The first-order valence-electron chi connectivity index (χ1n) is 16.9. The SMILES string of the molecule is Cc1c[c-]c(-c2cc(CC(C)C)c([Si](C)(C)C)cn2)cc1.Cc1ccc2c(ccc3nc(-c4[c-]ccc5c4oc4ncccc45)n(C)c32)n1.[Ir]. The number of pyridine rings is 3. The number of hydrogen-bond donors (Lipinski definition) is 0. The van der Waals surface area contributed by atoms with Gasteiger partial charge in [-0.1, -0.05) is 63.0 Å². The Morgan fingerprint density at radius 1 is 0.860 bits per heavy atom. The summed E-state index contributed by atoms with van der Waals surface area (Å²) in [5, 5.41) is 4.59. The van der Waals surface area contributed by atoms with E-state index in [1.54, 1.807) is 6.20 Å². The van der Waals surface area contributed by atoms with Crippen LogP contribution >= 0.6 is 0 Å². The smallest absolute Gasteiger partial charge is 0.216 e. The molecule has 5 aromatic heterocycles. The Bertz CT molecular complexity index is 2470. The molecule has 0 N–H and O–H groups in total. The maximum Gasteiger partial charge on any atom is 0.216 e. The number of imidazole rings is 1. The maximum absolute atomic E-state index is 6.08. The normalized spacial score (nSPS) is 11.7. The van der Waals surface area contributed by atoms with Gasteiger partial charge >= 0.3 is 0 Å². The molecule has 0 fully saturated rings. The van der Waals surface area contributed by atoms with Crippen molar-refractivity contribution in [3.63, 3.8) is 0 Å². The molecule has 0 aliphatic rings. The van der Waals surface area contributed by atoms with Gasteiger partial charge in [-0.3, -0.25) is 9.97 Å². The fourth-order valence-electron chi connectivity index (χ4n) is 6.57. The van der Waals surface area contributed by atoms with Crippen LogP contribution in [0.25, 0.3) is 66.7 Å². The zero-order chi connectivity index (χ0) is 34.4. The molecule has 1 radical (unpaired) electrons. The molecule has 255 valence electrons. The Labute approximate surface area is 308 Å². The van der Waals surface area contributed by atoms with E-state index >= 15 is 0 Å². The predicted molar refractivity (Wildman–Crippen MR) is 205 cm³/mol. The van der Waals surface area contributed by atoms with Crippen molar-refractivity contribution in [2.24, 2.45) is 13.0 Å². The summed E-state index contributed by atoms with van der Waals surface area (Å²) in [6, 6.07) is 31.3. The standard InChI is InChI=1S/C23H15N4O.C19H26NSi.Ir/c1-13-8-9-16-18(25-13)10-11-19-20(16)27(2)22(26-19)17-6-3-5-14-15-7-4-12-24-23(15)28-21(14)17;1-14(2)11-17-12-18(16-9-7-15(3)8-10-16)20-13-19(17)21(4,5)6;/h3-5,7-12H,1-2H3;7-9,12-14H,11H2,1-6H3;/q2*-1;. The molecule has 0 atom stereocenters. The van der Waals surface area contributed by atoms with Crippen LogP contribution in [-0.4, -0.2) is 32.6 Å². The number of furan rings is 1. The van der Waals surface area contributed by atoms with E-state index in [0.29, 0.717) is 11.6 Å². The first kappa shape index (κ1) is 35.3. The van der Waals surface area contributed by atoms with E-state index in [9.17, 15) is 0 Å². The molecule has 3 aromatic carbocycles. The first-order chi connectivity index (χ1) is 23.5. The summed E-state index contributed by atoms with van der Waals surface area (Å²) in [4.78, 5) is 18.6. The third-order valence-electron chi connectivity index (χ3n) is 8.94. The summed E-state index contributed by atoms with van der Waals surface area (Å²) in [5.41, 5.74) is 11.0. The topological polar surface area (TPSA) is 69.6 Å². The molecular weight excluding hydrogens is 811 g/mol. The van der Waals surface area contributed by atoms with Crippen LogP contribution in [0.2, 0.25) is 19.6 Å². The first-order valence-corrected chi connectivity index (χ1v) is 20.4. The van der Waals surface area contributed by atoms with Crippen LogP contribution in [0.1, 0.15) is 30.7 Å². The summed E-state index contributed by atoms with van der Waals surface area (Å²) < 4.78 is 8.18. The Morgan fingerprint density at radius 2 is 1.66 bits per heavy atom. The maximum atomic E-state index is 6.08. The minimum absolute atomic E-state index is 0. The molecular formula is C42H41IrN5OSi-2. The van der Waals surface area contributed by atoms with E-state index in [4.69, 9.17) is 14.4 Å². The third-order valence-corrected chi connectivity index (χ3v) is 11.0. The molecule has 8 rings (SSSR count). The van der Waals surface area contributed by atoms with Crippen LogP contribution in [0, 0.1) is 31.9 Å². The zero-order valence-corrected chi connectivity index (χ0v) is 33.2. The van der Waals surface area contributed by atoms with Crippen molar-refractivity contribution in [3.05, 3.63) is 114 Å². The Morgan fingerprint density at radius 3 is 2.40 bits per heavy atom. The second kappa shape index (κ2) is 14.0. The van der Waals surface area contributed by atoms with Gasteiger partial charge in [0.25, 0.3) is 0 Å². The molecule has 0 bridgehead atoms. The Balaban J connectivity index is 0.000000177. The molecule has 0 aliphatic carbocycles. The van der Waals surface area contributed by atoms with E-state index in [0.717, 1.165) is 73.1 Å². The van der Waals surface area contributed by atoms with Gasteiger partial charge in [0.2, 0.25) is 5.71 Å². The second-order valence-electron chi connectivity index (χ2n) is 14.4. The van der Waals surface area contributed by atoms with Crippen molar-refractivity contribution >= 4 is 57.3 Å². The van der Waals surface area contributed by atoms with E-state index in [1.807, 2.05) is 62.5 Å². The number of aromatic nitrogens is 5. The number of nitrogens with zero attached hydrogens (tertiary/aromatic N) is 5. The van der Waals surface area contributed by atoms with Gasteiger partial charge in [0.1, 0.15) is 0 Å². The van der Waals surface area contributed by atoms with Crippen LogP contribution < -0.4 is 5.19 Å². The van der Waals surface area contributed by atoms with E-state index in [2.05, 4.69) is 97.5 Å². The Kier molecular flexibility index (Phi) is 9.91. The van der Waals surface area contributed by atoms with Crippen LogP contribution in [0.5, 0.6) is 0 Å². The van der Waals surface area contributed by atoms with E-state index in [1.165, 1.54) is 16.3 Å². The van der Waals surface area contributed by atoms with Gasteiger partial charge in [0.15, 0.2) is 0 Å². The number of benzene rings is 3. The third kappa shape index (κ3) is 6.80. The molecule has 50 heavy (non-hydrogen) atoms. The summed E-state index contributed by atoms with van der Waals surface area (Å²) in [7, 11) is 0.675. The predicted octanol–water partition coefficient (Wildman–Crippen LogP) is 9.79. The summed E-state index contributed by atoms with van der Waals surface area (Å²) in [6.07, 6.45) is 4.98.